The lowest BCUT2D eigenvalue weighted by molar-refractivity contribution is -0.131. The van der Waals surface area contributed by atoms with Crippen LogP contribution in [0, 0.1) is 13.8 Å². The zero-order chi connectivity index (χ0) is 12.5. The number of carboxylic acids is 1. The van der Waals surface area contributed by atoms with Gasteiger partial charge in [0.1, 0.15) is 5.75 Å². The minimum atomic E-state index is -1.55. The summed E-state index contributed by atoms with van der Waals surface area (Å²) in [6.07, 6.45) is 0. The third-order valence-electron chi connectivity index (χ3n) is 2.21. The number of carbonyl (C=O) groups is 2. The van der Waals surface area contributed by atoms with E-state index in [1.54, 1.807) is 19.9 Å². The Labute approximate surface area is 97.8 Å². The van der Waals surface area contributed by atoms with Gasteiger partial charge in [-0.05, 0) is 25.0 Å². The number of carbonyl (C=O) groups excluding carboxylic acids is 1. The number of benzene rings is 1. The molecule has 0 heterocycles. The Morgan fingerprint density at radius 3 is 2.31 bits per heavy atom. The largest absolute Gasteiger partial charge is 0.496 e. The number of Topliss-reactive ketones (excluding diaryl/α,β-unsaturated/α-hetero) is 1. The van der Waals surface area contributed by atoms with Gasteiger partial charge in [-0.1, -0.05) is 17.7 Å². The predicted molar refractivity (Wildman–Crippen MR) is 59.4 cm³/mol. The first-order valence-electron chi connectivity index (χ1n) is 4.51. The van der Waals surface area contributed by atoms with E-state index < -0.39 is 11.8 Å². The van der Waals surface area contributed by atoms with Crippen LogP contribution < -0.4 is 4.74 Å². The fourth-order valence-corrected chi connectivity index (χ4v) is 1.75. The number of aryl methyl sites for hydroxylation is 2. The second-order valence-electron chi connectivity index (χ2n) is 3.37. The van der Waals surface area contributed by atoms with Crippen molar-refractivity contribution in [1.29, 1.82) is 0 Å². The SMILES string of the molecule is COc1c(C)cc(C)c(Cl)c1C(=O)C(=O)O. The van der Waals surface area contributed by atoms with E-state index in [9.17, 15) is 9.59 Å². The second kappa shape index (κ2) is 4.53. The Kier molecular flexibility index (Phi) is 3.55. The van der Waals surface area contributed by atoms with Crippen molar-refractivity contribution < 1.29 is 19.4 Å². The van der Waals surface area contributed by atoms with Crippen LogP contribution >= 0.6 is 11.6 Å². The van der Waals surface area contributed by atoms with Gasteiger partial charge in [-0.15, -0.1) is 0 Å². The van der Waals surface area contributed by atoms with Crippen molar-refractivity contribution in [3.63, 3.8) is 0 Å². The van der Waals surface area contributed by atoms with Gasteiger partial charge >= 0.3 is 5.97 Å². The first kappa shape index (κ1) is 12.5. The van der Waals surface area contributed by atoms with Gasteiger partial charge in [-0.3, -0.25) is 4.79 Å². The topological polar surface area (TPSA) is 63.6 Å². The first-order valence-corrected chi connectivity index (χ1v) is 4.89. The van der Waals surface area contributed by atoms with Crippen LogP contribution in [-0.4, -0.2) is 24.0 Å². The molecule has 0 bridgehead atoms. The Balaban J connectivity index is 3.57. The fourth-order valence-electron chi connectivity index (χ4n) is 1.52. The van der Waals surface area contributed by atoms with Gasteiger partial charge in [0.05, 0.1) is 17.7 Å². The van der Waals surface area contributed by atoms with E-state index in [1.165, 1.54) is 7.11 Å². The maximum absolute atomic E-state index is 11.5. The number of ketones is 1. The highest BCUT2D eigenvalue weighted by molar-refractivity contribution is 6.46. The van der Waals surface area contributed by atoms with Gasteiger partial charge in [-0.2, -0.15) is 0 Å². The third kappa shape index (κ3) is 2.02. The molecule has 0 aliphatic heterocycles. The van der Waals surface area contributed by atoms with E-state index in [1.807, 2.05) is 0 Å². The van der Waals surface area contributed by atoms with Crippen molar-refractivity contribution in [2.45, 2.75) is 13.8 Å². The molecule has 0 saturated carbocycles. The standard InChI is InChI=1S/C11H11ClO4/c1-5-4-6(2)10(16-3)7(8(5)12)9(13)11(14)15/h4H,1-3H3,(H,14,15). The van der Waals surface area contributed by atoms with Crippen molar-refractivity contribution in [1.82, 2.24) is 0 Å². The molecule has 0 spiro atoms. The Hall–Kier alpha value is -1.55. The Bertz CT molecular complexity index is 466. The van der Waals surface area contributed by atoms with E-state index in [0.29, 0.717) is 11.1 Å². The van der Waals surface area contributed by atoms with Gasteiger partial charge < -0.3 is 9.84 Å². The summed E-state index contributed by atoms with van der Waals surface area (Å²) in [4.78, 5) is 22.2. The van der Waals surface area contributed by atoms with Crippen molar-refractivity contribution >= 4 is 23.4 Å². The molecule has 5 heteroatoms. The van der Waals surface area contributed by atoms with Crippen LogP contribution in [0.25, 0.3) is 0 Å². The quantitative estimate of drug-likeness (QED) is 0.652. The lowest BCUT2D eigenvalue weighted by Gasteiger charge is -2.12. The summed E-state index contributed by atoms with van der Waals surface area (Å²) in [5, 5.41) is 8.82. The molecule has 1 rings (SSSR count). The van der Waals surface area contributed by atoms with Gasteiger partial charge in [0, 0.05) is 0 Å². The van der Waals surface area contributed by atoms with Crippen molar-refractivity contribution in [3.05, 3.63) is 27.8 Å². The summed E-state index contributed by atoms with van der Waals surface area (Å²) in [7, 11) is 1.37. The van der Waals surface area contributed by atoms with Crippen LogP contribution in [0.2, 0.25) is 5.02 Å². The smallest absolute Gasteiger partial charge is 0.377 e. The lowest BCUT2D eigenvalue weighted by Crippen LogP contribution is -2.15. The molecule has 0 fully saturated rings. The minimum absolute atomic E-state index is 0.0887. The lowest BCUT2D eigenvalue weighted by atomic mass is 10.0. The van der Waals surface area contributed by atoms with Crippen molar-refractivity contribution in [3.8, 4) is 5.75 Å². The molecule has 1 N–H and O–H groups in total. The number of hydrogen-bond acceptors (Lipinski definition) is 3. The maximum Gasteiger partial charge on any atom is 0.377 e. The Morgan fingerprint density at radius 2 is 1.88 bits per heavy atom. The van der Waals surface area contributed by atoms with Crippen LogP contribution in [0.3, 0.4) is 0 Å². The molecule has 0 radical (unpaired) electrons. The second-order valence-corrected chi connectivity index (χ2v) is 3.74. The minimum Gasteiger partial charge on any atom is -0.496 e. The summed E-state index contributed by atoms with van der Waals surface area (Å²) in [5.74, 6) is -2.40. The molecule has 0 aromatic heterocycles. The molecule has 0 saturated heterocycles. The normalized spacial score (nSPS) is 10.0. The number of methoxy groups -OCH3 is 1. The van der Waals surface area contributed by atoms with Crippen LogP contribution in [0.4, 0.5) is 0 Å². The summed E-state index contributed by atoms with van der Waals surface area (Å²) >= 11 is 5.92. The molecule has 16 heavy (non-hydrogen) atoms. The molecular weight excluding hydrogens is 232 g/mol. The molecule has 0 unspecified atom stereocenters. The van der Waals surface area contributed by atoms with Gasteiger partial charge in [0.15, 0.2) is 0 Å². The summed E-state index contributed by atoms with van der Waals surface area (Å²) in [6.45, 7) is 3.42. The van der Waals surface area contributed by atoms with Crippen molar-refractivity contribution in [2.75, 3.05) is 7.11 Å². The zero-order valence-corrected chi connectivity index (χ0v) is 9.88. The highest BCUT2D eigenvalue weighted by atomic mass is 35.5. The van der Waals surface area contributed by atoms with Crippen LogP contribution in [0.5, 0.6) is 5.75 Å². The molecule has 0 amide bonds. The van der Waals surface area contributed by atoms with Gasteiger partial charge in [0.2, 0.25) is 0 Å². The Morgan fingerprint density at radius 1 is 1.31 bits per heavy atom. The number of hydrogen-bond donors (Lipinski definition) is 1. The first-order chi connectivity index (χ1) is 7.40. The highest BCUT2D eigenvalue weighted by Gasteiger charge is 2.25. The molecule has 0 aliphatic carbocycles. The molecule has 4 nitrogen and oxygen atoms in total. The molecule has 0 aliphatic rings. The number of rotatable bonds is 3. The number of ether oxygens (including phenoxy) is 1. The van der Waals surface area contributed by atoms with E-state index in [0.717, 1.165) is 0 Å². The molecule has 0 atom stereocenters. The van der Waals surface area contributed by atoms with Crippen molar-refractivity contribution in [2.24, 2.45) is 0 Å². The fraction of sp³-hybridized carbons (Fsp3) is 0.273. The molecule has 86 valence electrons. The predicted octanol–water partition coefficient (Wildman–Crippen LogP) is 2.23. The monoisotopic (exact) mass is 242 g/mol. The molecule has 1 aromatic rings. The van der Waals surface area contributed by atoms with E-state index in [2.05, 4.69) is 0 Å². The van der Waals surface area contributed by atoms with E-state index in [4.69, 9.17) is 21.4 Å². The highest BCUT2D eigenvalue weighted by Crippen LogP contribution is 2.33. The number of halogens is 1. The number of carboxylic acid groups (broad SMARTS) is 1. The summed E-state index contributed by atoms with van der Waals surface area (Å²) in [5.41, 5.74) is 1.23. The van der Waals surface area contributed by atoms with E-state index >= 15 is 0 Å². The number of aliphatic carboxylic acids is 1. The molecular formula is C11H11ClO4. The van der Waals surface area contributed by atoms with Gasteiger partial charge in [0.25, 0.3) is 5.78 Å². The zero-order valence-electron chi connectivity index (χ0n) is 9.13. The van der Waals surface area contributed by atoms with Crippen LogP contribution in [-0.2, 0) is 4.79 Å². The van der Waals surface area contributed by atoms with Crippen LogP contribution in [0.15, 0.2) is 6.07 Å². The molecule has 1 aromatic carbocycles. The summed E-state index contributed by atoms with van der Waals surface area (Å²) in [6, 6.07) is 1.74. The van der Waals surface area contributed by atoms with E-state index in [-0.39, 0.29) is 16.3 Å². The van der Waals surface area contributed by atoms with Gasteiger partial charge in [-0.25, -0.2) is 4.79 Å². The average Bonchev–Trinajstić information content (AvgIpc) is 2.21. The maximum atomic E-state index is 11.5. The van der Waals surface area contributed by atoms with Crippen LogP contribution in [0.1, 0.15) is 21.5 Å². The third-order valence-corrected chi connectivity index (χ3v) is 2.70. The summed E-state index contributed by atoms with van der Waals surface area (Å²) < 4.78 is 5.01. The average molecular weight is 243 g/mol.